The lowest BCUT2D eigenvalue weighted by Gasteiger charge is -2.22. The molecule has 4 rings (SSSR count). The molecule has 0 saturated heterocycles. The van der Waals surface area contributed by atoms with E-state index in [1.807, 2.05) is 61.5 Å². The van der Waals surface area contributed by atoms with Crippen molar-refractivity contribution in [1.82, 2.24) is 5.32 Å². The van der Waals surface area contributed by atoms with Crippen molar-refractivity contribution >= 4 is 33.7 Å². The molecule has 0 radical (unpaired) electrons. The fourth-order valence-electron chi connectivity index (χ4n) is 3.29. The van der Waals surface area contributed by atoms with Crippen molar-refractivity contribution in [3.05, 3.63) is 101 Å². The first-order valence-electron chi connectivity index (χ1n) is 9.35. The molecule has 2 N–H and O–H groups in total. The summed E-state index contributed by atoms with van der Waals surface area (Å²) in [5.74, 6) is -0.0484. The standard InChI is InChI=1S/C24H22N2OS/c1-17(24(27)26-21-14-13-18-8-5-6-11-20(18)16-21)25-23(22-12-7-15-28-22)19-9-3-2-4-10-19/h2-17,23,25H,1H3,(H,26,27)/t17-,23-/m1/s1. The van der Waals surface area contributed by atoms with Gasteiger partial charge in [0.25, 0.3) is 0 Å². The molecule has 1 aromatic heterocycles. The molecule has 0 bridgehead atoms. The average Bonchev–Trinajstić information content (AvgIpc) is 3.27. The number of carbonyl (C=O) groups excluding carboxylic acids is 1. The molecule has 0 aliphatic rings. The number of fused-ring (bicyclic) bond motifs is 1. The lowest BCUT2D eigenvalue weighted by Crippen LogP contribution is -2.40. The zero-order valence-electron chi connectivity index (χ0n) is 15.6. The van der Waals surface area contributed by atoms with E-state index >= 15 is 0 Å². The minimum Gasteiger partial charge on any atom is -0.325 e. The Morgan fingerprint density at radius 1 is 0.857 bits per heavy atom. The molecule has 3 nitrogen and oxygen atoms in total. The van der Waals surface area contributed by atoms with Crippen LogP contribution in [-0.2, 0) is 4.79 Å². The lowest BCUT2D eigenvalue weighted by molar-refractivity contribution is -0.117. The topological polar surface area (TPSA) is 41.1 Å². The predicted octanol–water partition coefficient (Wildman–Crippen LogP) is 5.61. The summed E-state index contributed by atoms with van der Waals surface area (Å²) in [6, 6.07) is 28.1. The highest BCUT2D eigenvalue weighted by Crippen LogP contribution is 2.26. The van der Waals surface area contributed by atoms with Crippen LogP contribution in [0.1, 0.15) is 23.4 Å². The Balaban J connectivity index is 1.50. The minimum atomic E-state index is -0.348. The number of hydrogen-bond acceptors (Lipinski definition) is 3. The Bertz CT molecular complexity index is 1060. The summed E-state index contributed by atoms with van der Waals surface area (Å²) in [6.07, 6.45) is 0. The van der Waals surface area contributed by atoms with Gasteiger partial charge in [-0.15, -0.1) is 11.3 Å². The number of hydrogen-bond donors (Lipinski definition) is 2. The van der Waals surface area contributed by atoms with E-state index in [0.717, 1.165) is 22.0 Å². The largest absolute Gasteiger partial charge is 0.325 e. The second-order valence-electron chi connectivity index (χ2n) is 6.80. The van der Waals surface area contributed by atoms with E-state index in [9.17, 15) is 4.79 Å². The van der Waals surface area contributed by atoms with Crippen LogP contribution in [0.4, 0.5) is 5.69 Å². The zero-order valence-corrected chi connectivity index (χ0v) is 16.4. The maximum Gasteiger partial charge on any atom is 0.241 e. The van der Waals surface area contributed by atoms with Gasteiger partial charge in [-0.25, -0.2) is 0 Å². The van der Waals surface area contributed by atoms with Crippen LogP contribution in [0, 0.1) is 0 Å². The highest BCUT2D eigenvalue weighted by molar-refractivity contribution is 7.10. The number of amides is 1. The van der Waals surface area contributed by atoms with Crippen molar-refractivity contribution in [3.63, 3.8) is 0 Å². The van der Waals surface area contributed by atoms with Gasteiger partial charge in [0.05, 0.1) is 12.1 Å². The highest BCUT2D eigenvalue weighted by atomic mass is 32.1. The normalized spacial score (nSPS) is 13.2. The van der Waals surface area contributed by atoms with E-state index in [1.165, 1.54) is 4.88 Å². The van der Waals surface area contributed by atoms with Gasteiger partial charge in [0.1, 0.15) is 0 Å². The van der Waals surface area contributed by atoms with Gasteiger partial charge in [0.15, 0.2) is 0 Å². The number of rotatable bonds is 6. The van der Waals surface area contributed by atoms with Crippen molar-refractivity contribution in [2.24, 2.45) is 0 Å². The maximum absolute atomic E-state index is 12.8. The molecule has 3 aromatic carbocycles. The summed E-state index contributed by atoms with van der Waals surface area (Å²) in [6.45, 7) is 1.90. The van der Waals surface area contributed by atoms with Gasteiger partial charge in [0, 0.05) is 10.6 Å². The summed E-state index contributed by atoms with van der Waals surface area (Å²) in [4.78, 5) is 14.0. The molecule has 28 heavy (non-hydrogen) atoms. The van der Waals surface area contributed by atoms with E-state index in [0.29, 0.717) is 0 Å². The van der Waals surface area contributed by atoms with Crippen LogP contribution in [0.15, 0.2) is 90.3 Å². The Labute approximate surface area is 169 Å². The van der Waals surface area contributed by atoms with Crippen LogP contribution in [0.3, 0.4) is 0 Å². The van der Waals surface area contributed by atoms with Crippen LogP contribution in [0.25, 0.3) is 10.8 Å². The monoisotopic (exact) mass is 386 g/mol. The van der Waals surface area contributed by atoms with Crippen LogP contribution in [0.5, 0.6) is 0 Å². The molecule has 2 atom stereocenters. The van der Waals surface area contributed by atoms with Gasteiger partial charge in [-0.2, -0.15) is 0 Å². The van der Waals surface area contributed by atoms with Crippen molar-refractivity contribution in [2.45, 2.75) is 19.0 Å². The van der Waals surface area contributed by atoms with Gasteiger partial charge in [-0.3, -0.25) is 10.1 Å². The highest BCUT2D eigenvalue weighted by Gasteiger charge is 2.21. The number of benzene rings is 3. The molecule has 0 spiro atoms. The molecule has 1 amide bonds. The number of thiophene rings is 1. The van der Waals surface area contributed by atoms with Crippen LogP contribution in [-0.4, -0.2) is 11.9 Å². The first kappa shape index (κ1) is 18.4. The van der Waals surface area contributed by atoms with E-state index in [-0.39, 0.29) is 18.0 Å². The zero-order chi connectivity index (χ0) is 19.3. The summed E-state index contributed by atoms with van der Waals surface area (Å²) in [5, 5.41) is 10.9. The predicted molar refractivity (Wildman–Crippen MR) is 118 cm³/mol. The van der Waals surface area contributed by atoms with Gasteiger partial charge in [0.2, 0.25) is 5.91 Å². The van der Waals surface area contributed by atoms with Crippen molar-refractivity contribution < 1.29 is 4.79 Å². The molecule has 0 unspecified atom stereocenters. The van der Waals surface area contributed by atoms with Gasteiger partial charge in [-0.05, 0) is 46.8 Å². The molecular formula is C24H22N2OS. The third kappa shape index (κ3) is 4.14. The Morgan fingerprint density at radius 3 is 2.36 bits per heavy atom. The smallest absolute Gasteiger partial charge is 0.241 e. The Hall–Kier alpha value is -2.95. The Kier molecular flexibility index (Phi) is 5.51. The van der Waals surface area contributed by atoms with E-state index in [4.69, 9.17) is 0 Å². The molecule has 0 aliphatic heterocycles. The number of nitrogens with one attached hydrogen (secondary N) is 2. The second kappa shape index (κ2) is 8.38. The molecular weight excluding hydrogens is 364 g/mol. The molecule has 4 aromatic rings. The van der Waals surface area contributed by atoms with Gasteiger partial charge >= 0.3 is 0 Å². The summed E-state index contributed by atoms with van der Waals surface area (Å²) < 4.78 is 0. The first-order valence-corrected chi connectivity index (χ1v) is 10.2. The van der Waals surface area contributed by atoms with Crippen LogP contribution in [0.2, 0.25) is 0 Å². The average molecular weight is 387 g/mol. The number of anilines is 1. The van der Waals surface area contributed by atoms with Crippen LogP contribution >= 0.6 is 11.3 Å². The third-order valence-corrected chi connectivity index (χ3v) is 5.72. The summed E-state index contributed by atoms with van der Waals surface area (Å²) >= 11 is 1.69. The van der Waals surface area contributed by atoms with Crippen molar-refractivity contribution in [3.8, 4) is 0 Å². The summed E-state index contributed by atoms with van der Waals surface area (Å²) in [7, 11) is 0. The first-order chi connectivity index (χ1) is 13.7. The minimum absolute atomic E-state index is 0.0152. The molecule has 0 saturated carbocycles. The molecule has 0 fully saturated rings. The molecule has 1 heterocycles. The second-order valence-corrected chi connectivity index (χ2v) is 7.78. The van der Waals surface area contributed by atoms with E-state index < -0.39 is 0 Å². The SMILES string of the molecule is C[C@@H](N[C@H](c1ccccc1)c1cccs1)C(=O)Nc1ccc2ccccc2c1. The van der Waals surface area contributed by atoms with Crippen molar-refractivity contribution in [2.75, 3.05) is 5.32 Å². The fraction of sp³-hybridized carbons (Fsp3) is 0.125. The number of carbonyl (C=O) groups is 1. The quantitative estimate of drug-likeness (QED) is 0.452. The Morgan fingerprint density at radius 2 is 1.61 bits per heavy atom. The van der Waals surface area contributed by atoms with Gasteiger partial charge in [-0.1, -0.05) is 66.7 Å². The molecule has 140 valence electrons. The third-order valence-electron chi connectivity index (χ3n) is 4.79. The fourth-order valence-corrected chi connectivity index (χ4v) is 4.10. The van der Waals surface area contributed by atoms with Crippen molar-refractivity contribution in [1.29, 1.82) is 0 Å². The summed E-state index contributed by atoms with van der Waals surface area (Å²) in [5.41, 5.74) is 1.96. The van der Waals surface area contributed by atoms with E-state index in [1.54, 1.807) is 11.3 Å². The maximum atomic E-state index is 12.8. The molecule has 0 aliphatic carbocycles. The van der Waals surface area contributed by atoms with Gasteiger partial charge < -0.3 is 5.32 Å². The van der Waals surface area contributed by atoms with Crippen LogP contribution < -0.4 is 10.6 Å². The lowest BCUT2D eigenvalue weighted by atomic mass is 10.0. The van der Waals surface area contributed by atoms with E-state index in [2.05, 4.69) is 46.3 Å². The molecule has 4 heteroatoms.